The Balaban J connectivity index is 1.40. The average molecular weight is 411 g/mol. The van der Waals surface area contributed by atoms with Gasteiger partial charge in [0.2, 0.25) is 5.91 Å². The van der Waals surface area contributed by atoms with Gasteiger partial charge < -0.3 is 4.90 Å². The molecule has 23 heavy (non-hydrogen) atoms. The molecular weight excluding hydrogens is 392 g/mol. The van der Waals surface area contributed by atoms with Crippen molar-refractivity contribution in [2.45, 2.75) is 32.1 Å². The third-order valence-corrected chi connectivity index (χ3v) is 7.74. The van der Waals surface area contributed by atoms with Gasteiger partial charge in [0.25, 0.3) is 0 Å². The molecule has 122 valence electrons. The summed E-state index contributed by atoms with van der Waals surface area (Å²) >= 11 is 6.79. The van der Waals surface area contributed by atoms with Gasteiger partial charge in [0, 0.05) is 28.3 Å². The molecule has 2 fully saturated rings. The van der Waals surface area contributed by atoms with E-state index in [2.05, 4.69) is 37.3 Å². The third kappa shape index (κ3) is 3.39. The molecule has 1 amide bonds. The minimum atomic E-state index is 0.253. The van der Waals surface area contributed by atoms with Crippen molar-refractivity contribution in [2.24, 2.45) is 11.8 Å². The largest absolute Gasteiger partial charge is 0.342 e. The lowest BCUT2D eigenvalue weighted by atomic mass is 9.82. The Bertz CT molecular complexity index is 697. The molecule has 0 aromatic carbocycles. The Morgan fingerprint density at radius 1 is 1.22 bits per heavy atom. The van der Waals surface area contributed by atoms with Crippen molar-refractivity contribution >= 4 is 44.5 Å². The smallest absolute Gasteiger partial charge is 0.228 e. The summed E-state index contributed by atoms with van der Waals surface area (Å²) in [6.45, 7) is 1.94. The first kappa shape index (κ1) is 15.8. The van der Waals surface area contributed by atoms with Crippen molar-refractivity contribution in [1.82, 2.24) is 9.88 Å². The van der Waals surface area contributed by atoms with Crippen LogP contribution in [0.5, 0.6) is 0 Å². The van der Waals surface area contributed by atoms with Gasteiger partial charge in [0.05, 0.1) is 17.0 Å². The normalized spacial score (nSPS) is 24.0. The third-order valence-electron chi connectivity index (χ3n) is 4.99. The van der Waals surface area contributed by atoms with Crippen LogP contribution in [-0.4, -0.2) is 28.9 Å². The number of aromatic nitrogens is 1. The molecule has 1 saturated carbocycles. The molecule has 1 saturated heterocycles. The number of thiophene rings is 1. The molecule has 2 aromatic heterocycles. The van der Waals surface area contributed by atoms with E-state index in [4.69, 9.17) is 0 Å². The van der Waals surface area contributed by atoms with E-state index in [1.54, 1.807) is 22.7 Å². The maximum absolute atomic E-state index is 12.6. The van der Waals surface area contributed by atoms with Gasteiger partial charge in [-0.3, -0.25) is 4.79 Å². The molecule has 2 aliphatic rings. The van der Waals surface area contributed by atoms with Crippen LogP contribution in [0, 0.1) is 11.8 Å². The van der Waals surface area contributed by atoms with Gasteiger partial charge in [-0.15, -0.1) is 22.7 Å². The van der Waals surface area contributed by atoms with E-state index in [1.807, 2.05) is 5.38 Å². The van der Waals surface area contributed by atoms with Crippen molar-refractivity contribution in [3.05, 3.63) is 27.0 Å². The van der Waals surface area contributed by atoms with Gasteiger partial charge in [-0.1, -0.05) is 12.8 Å². The number of hydrogen-bond donors (Lipinski definition) is 0. The molecular formula is C17H19BrN2OS2. The molecule has 0 N–H and O–H groups in total. The van der Waals surface area contributed by atoms with Crippen molar-refractivity contribution in [3.8, 4) is 9.88 Å². The van der Waals surface area contributed by atoms with Crippen LogP contribution < -0.4 is 0 Å². The lowest BCUT2D eigenvalue weighted by Crippen LogP contribution is -2.30. The standard InChI is InChI=1S/C17H19BrN2OS2/c18-13-5-15(22-9-13)17-19-14(10-23-17)6-16(21)20-7-11-3-1-2-4-12(11)8-20/h5,9-12H,1-4,6-8H2/t11-,12-/m1/s1. The molecule has 2 aromatic rings. The van der Waals surface area contributed by atoms with Gasteiger partial charge in [-0.25, -0.2) is 4.98 Å². The molecule has 3 heterocycles. The van der Waals surface area contributed by atoms with E-state index < -0.39 is 0 Å². The maximum atomic E-state index is 12.6. The van der Waals surface area contributed by atoms with E-state index in [1.165, 1.54) is 25.7 Å². The predicted octanol–water partition coefficient (Wildman–Crippen LogP) is 4.83. The Kier molecular flexibility index (Phi) is 4.56. The van der Waals surface area contributed by atoms with Crippen molar-refractivity contribution in [2.75, 3.05) is 13.1 Å². The topological polar surface area (TPSA) is 33.2 Å². The summed E-state index contributed by atoms with van der Waals surface area (Å²) in [7, 11) is 0. The van der Waals surface area contributed by atoms with Gasteiger partial charge in [0.15, 0.2) is 0 Å². The molecule has 0 spiro atoms. The molecule has 6 heteroatoms. The first-order chi connectivity index (χ1) is 11.2. The van der Waals surface area contributed by atoms with Gasteiger partial charge in [0.1, 0.15) is 5.01 Å². The lowest BCUT2D eigenvalue weighted by Gasteiger charge is -2.22. The highest BCUT2D eigenvalue weighted by molar-refractivity contribution is 9.10. The van der Waals surface area contributed by atoms with Crippen LogP contribution in [0.4, 0.5) is 0 Å². The molecule has 0 radical (unpaired) electrons. The summed E-state index contributed by atoms with van der Waals surface area (Å²) < 4.78 is 1.09. The molecule has 2 atom stereocenters. The maximum Gasteiger partial charge on any atom is 0.228 e. The fourth-order valence-corrected chi connectivity index (χ4v) is 6.13. The zero-order valence-electron chi connectivity index (χ0n) is 12.8. The monoisotopic (exact) mass is 410 g/mol. The van der Waals surface area contributed by atoms with E-state index in [9.17, 15) is 4.79 Å². The first-order valence-electron chi connectivity index (χ1n) is 8.15. The Morgan fingerprint density at radius 3 is 2.61 bits per heavy atom. The number of nitrogens with zero attached hydrogens (tertiary/aromatic N) is 2. The molecule has 0 unspecified atom stereocenters. The van der Waals surface area contributed by atoms with E-state index in [-0.39, 0.29) is 5.91 Å². The zero-order valence-corrected chi connectivity index (χ0v) is 16.1. The second kappa shape index (κ2) is 6.65. The number of likely N-dealkylation sites (tertiary alicyclic amines) is 1. The van der Waals surface area contributed by atoms with Crippen LogP contribution in [0.1, 0.15) is 31.4 Å². The van der Waals surface area contributed by atoms with Gasteiger partial charge >= 0.3 is 0 Å². The fourth-order valence-electron chi connectivity index (χ4n) is 3.80. The summed E-state index contributed by atoms with van der Waals surface area (Å²) in [4.78, 5) is 20.5. The number of thiazole rings is 1. The highest BCUT2D eigenvalue weighted by Crippen LogP contribution is 2.36. The summed E-state index contributed by atoms with van der Waals surface area (Å²) in [5.41, 5.74) is 0.911. The summed E-state index contributed by atoms with van der Waals surface area (Å²) in [6, 6.07) is 2.08. The first-order valence-corrected chi connectivity index (χ1v) is 10.7. The van der Waals surface area contributed by atoms with Gasteiger partial charge in [-0.2, -0.15) is 0 Å². The molecule has 4 rings (SSSR count). The summed E-state index contributed by atoms with van der Waals surface area (Å²) in [5, 5.41) is 5.11. The number of halogens is 1. The fraction of sp³-hybridized carbons (Fsp3) is 0.529. The van der Waals surface area contributed by atoms with Crippen molar-refractivity contribution in [1.29, 1.82) is 0 Å². The Labute approximate surface area is 152 Å². The van der Waals surface area contributed by atoms with Crippen LogP contribution in [0.3, 0.4) is 0 Å². The summed E-state index contributed by atoms with van der Waals surface area (Å²) in [5.74, 6) is 1.76. The highest BCUT2D eigenvalue weighted by Gasteiger charge is 2.36. The average Bonchev–Trinajstić information content (AvgIpc) is 3.25. The van der Waals surface area contributed by atoms with Crippen LogP contribution >= 0.6 is 38.6 Å². The number of fused-ring (bicyclic) bond motifs is 1. The minimum Gasteiger partial charge on any atom is -0.342 e. The predicted molar refractivity (Wildman–Crippen MR) is 98.9 cm³/mol. The number of carbonyl (C=O) groups excluding carboxylic acids is 1. The van der Waals surface area contributed by atoms with Crippen LogP contribution in [-0.2, 0) is 11.2 Å². The SMILES string of the molecule is O=C(Cc1csc(-c2cc(Br)cs2)n1)N1C[C@H]2CCCC[C@@H]2C1. The highest BCUT2D eigenvalue weighted by atomic mass is 79.9. The lowest BCUT2D eigenvalue weighted by molar-refractivity contribution is -0.129. The van der Waals surface area contributed by atoms with E-state index >= 15 is 0 Å². The second-order valence-corrected chi connectivity index (χ2v) is 9.24. The van der Waals surface area contributed by atoms with E-state index in [0.717, 1.165) is 45.0 Å². The van der Waals surface area contributed by atoms with Crippen LogP contribution in [0.15, 0.2) is 21.3 Å². The molecule has 3 nitrogen and oxygen atoms in total. The Hall–Kier alpha value is -0.720. The van der Waals surface area contributed by atoms with Crippen LogP contribution in [0.25, 0.3) is 9.88 Å². The minimum absolute atomic E-state index is 0.253. The van der Waals surface area contributed by atoms with Crippen LogP contribution in [0.2, 0.25) is 0 Å². The van der Waals surface area contributed by atoms with Gasteiger partial charge in [-0.05, 0) is 46.7 Å². The molecule has 1 aliphatic carbocycles. The van der Waals surface area contributed by atoms with Crippen molar-refractivity contribution < 1.29 is 4.79 Å². The van der Waals surface area contributed by atoms with Crippen molar-refractivity contribution in [3.63, 3.8) is 0 Å². The quantitative estimate of drug-likeness (QED) is 0.725. The molecule has 0 bridgehead atoms. The number of hydrogen-bond acceptors (Lipinski definition) is 4. The number of carbonyl (C=O) groups is 1. The molecule has 1 aliphatic heterocycles. The summed E-state index contributed by atoms with van der Waals surface area (Å²) in [6.07, 6.45) is 5.75. The number of rotatable bonds is 3. The Morgan fingerprint density at radius 2 is 1.96 bits per heavy atom. The second-order valence-electron chi connectivity index (χ2n) is 6.55. The van der Waals surface area contributed by atoms with E-state index in [0.29, 0.717) is 6.42 Å². The number of amides is 1. The zero-order chi connectivity index (χ0) is 15.8.